The van der Waals surface area contributed by atoms with E-state index in [1.54, 1.807) is 6.07 Å². The fourth-order valence-corrected chi connectivity index (χ4v) is 2.64. The number of aliphatic hydroxyl groups is 1. The van der Waals surface area contributed by atoms with Crippen molar-refractivity contribution in [2.45, 2.75) is 19.4 Å². The third-order valence-electron chi connectivity index (χ3n) is 3.66. The summed E-state index contributed by atoms with van der Waals surface area (Å²) in [6, 6.07) is 5.34. The van der Waals surface area contributed by atoms with Crippen LogP contribution in [0.5, 0.6) is 0 Å². The number of nitrogens with zero attached hydrogens (tertiary/aromatic N) is 1. The van der Waals surface area contributed by atoms with Crippen molar-refractivity contribution in [2.75, 3.05) is 32.8 Å². The van der Waals surface area contributed by atoms with Crippen LogP contribution in [0.2, 0.25) is 0 Å². The van der Waals surface area contributed by atoms with Crippen LogP contribution in [-0.2, 0) is 0 Å². The Hall–Kier alpha value is -0.680. The van der Waals surface area contributed by atoms with Crippen molar-refractivity contribution < 1.29 is 9.50 Å². The van der Waals surface area contributed by atoms with E-state index in [0.717, 1.165) is 31.7 Å². The van der Waals surface area contributed by atoms with Crippen LogP contribution in [0.4, 0.5) is 4.39 Å². The number of benzene rings is 1. The molecule has 0 radical (unpaired) electrons. The first-order valence-electron chi connectivity index (χ1n) is 6.54. The second kappa shape index (κ2) is 7.80. The van der Waals surface area contributed by atoms with Crippen LogP contribution in [0.1, 0.15) is 23.6 Å². The molecule has 1 aliphatic rings. The number of aliphatic hydroxyl groups excluding tert-OH is 1. The second-order valence-electron chi connectivity index (χ2n) is 4.77. The second-order valence-corrected chi connectivity index (χ2v) is 4.77. The summed E-state index contributed by atoms with van der Waals surface area (Å²) >= 11 is 0. The van der Waals surface area contributed by atoms with Crippen LogP contribution in [0.15, 0.2) is 18.2 Å². The van der Waals surface area contributed by atoms with Gasteiger partial charge in [-0.2, -0.15) is 0 Å². The van der Waals surface area contributed by atoms with Gasteiger partial charge in [0.15, 0.2) is 0 Å². The molecule has 0 aromatic heterocycles. The van der Waals surface area contributed by atoms with E-state index in [0.29, 0.717) is 12.0 Å². The number of nitrogens with one attached hydrogen (secondary N) is 1. The molecule has 2 rings (SSSR count). The van der Waals surface area contributed by atoms with E-state index >= 15 is 0 Å². The maximum absolute atomic E-state index is 13.7. The van der Waals surface area contributed by atoms with Gasteiger partial charge in [0.25, 0.3) is 0 Å². The molecule has 3 nitrogen and oxygen atoms in total. The maximum atomic E-state index is 13.7. The molecule has 1 fully saturated rings. The Labute approximate surface area is 120 Å². The van der Waals surface area contributed by atoms with E-state index < -0.39 is 0 Å². The molecular weight excluding hydrogens is 267 g/mol. The van der Waals surface area contributed by atoms with Gasteiger partial charge in [0.2, 0.25) is 0 Å². The van der Waals surface area contributed by atoms with Crippen LogP contribution < -0.4 is 5.32 Å². The van der Waals surface area contributed by atoms with Crippen LogP contribution >= 0.6 is 12.4 Å². The minimum absolute atomic E-state index is 0. The molecule has 1 aliphatic heterocycles. The molecule has 1 aromatic rings. The zero-order chi connectivity index (χ0) is 13.0. The van der Waals surface area contributed by atoms with Gasteiger partial charge in [0, 0.05) is 38.8 Å². The SMILES string of the molecule is Cc1c(F)cccc1[C@@H](CCO)N1CCNCC1.Cl. The van der Waals surface area contributed by atoms with Crippen molar-refractivity contribution in [1.82, 2.24) is 10.2 Å². The standard InChI is InChI=1S/C14H21FN2O.ClH/c1-11-12(3-2-4-13(11)15)14(5-10-18)17-8-6-16-7-9-17;/h2-4,14,16,18H,5-10H2,1H3;1H/t14-;/m1./s1. The molecule has 0 saturated carbocycles. The highest BCUT2D eigenvalue weighted by Gasteiger charge is 2.23. The summed E-state index contributed by atoms with van der Waals surface area (Å²) in [4.78, 5) is 2.33. The Kier molecular flexibility index (Phi) is 6.72. The van der Waals surface area contributed by atoms with Gasteiger partial charge in [0.05, 0.1) is 0 Å². The van der Waals surface area contributed by atoms with Gasteiger partial charge < -0.3 is 10.4 Å². The average Bonchev–Trinajstić information content (AvgIpc) is 2.41. The van der Waals surface area contributed by atoms with Crippen molar-refractivity contribution in [3.05, 3.63) is 35.1 Å². The average molecular weight is 289 g/mol. The molecule has 2 N–H and O–H groups in total. The van der Waals surface area contributed by atoms with E-state index in [1.165, 1.54) is 6.07 Å². The predicted molar refractivity (Wildman–Crippen MR) is 77.3 cm³/mol. The van der Waals surface area contributed by atoms with Crippen LogP contribution in [0.25, 0.3) is 0 Å². The van der Waals surface area contributed by atoms with Crippen molar-refractivity contribution >= 4 is 12.4 Å². The molecule has 1 atom stereocenters. The molecule has 19 heavy (non-hydrogen) atoms. The van der Waals surface area contributed by atoms with Crippen LogP contribution in [-0.4, -0.2) is 42.8 Å². The van der Waals surface area contributed by atoms with Gasteiger partial charge >= 0.3 is 0 Å². The largest absolute Gasteiger partial charge is 0.396 e. The lowest BCUT2D eigenvalue weighted by atomic mass is 9.96. The topological polar surface area (TPSA) is 35.5 Å². The number of piperazine rings is 1. The highest BCUT2D eigenvalue weighted by Crippen LogP contribution is 2.28. The first-order chi connectivity index (χ1) is 8.74. The molecule has 1 aromatic carbocycles. The zero-order valence-corrected chi connectivity index (χ0v) is 12.0. The first kappa shape index (κ1) is 16.4. The molecule has 0 unspecified atom stereocenters. The lowest BCUT2D eigenvalue weighted by Gasteiger charge is -2.35. The zero-order valence-electron chi connectivity index (χ0n) is 11.2. The van der Waals surface area contributed by atoms with Gasteiger partial charge in [-0.3, -0.25) is 4.90 Å². The van der Waals surface area contributed by atoms with Gasteiger partial charge in [-0.15, -0.1) is 12.4 Å². The van der Waals surface area contributed by atoms with Gasteiger partial charge in [0.1, 0.15) is 5.82 Å². The number of rotatable bonds is 4. The van der Waals surface area contributed by atoms with Crippen molar-refractivity contribution in [2.24, 2.45) is 0 Å². The fourth-order valence-electron chi connectivity index (χ4n) is 2.64. The highest BCUT2D eigenvalue weighted by molar-refractivity contribution is 5.85. The third kappa shape index (κ3) is 3.89. The minimum Gasteiger partial charge on any atom is -0.396 e. The molecule has 0 amide bonds. The van der Waals surface area contributed by atoms with Crippen LogP contribution in [0, 0.1) is 12.7 Å². The highest BCUT2D eigenvalue weighted by atomic mass is 35.5. The minimum atomic E-state index is -0.162. The Morgan fingerprint density at radius 1 is 1.37 bits per heavy atom. The summed E-state index contributed by atoms with van der Waals surface area (Å²) in [7, 11) is 0. The monoisotopic (exact) mass is 288 g/mol. The summed E-state index contributed by atoms with van der Waals surface area (Å²) in [6.45, 7) is 5.75. The quantitative estimate of drug-likeness (QED) is 0.888. The van der Waals surface area contributed by atoms with Crippen LogP contribution in [0.3, 0.4) is 0 Å². The normalized spacial score (nSPS) is 17.8. The van der Waals surface area contributed by atoms with Gasteiger partial charge in [-0.05, 0) is 30.5 Å². The summed E-state index contributed by atoms with van der Waals surface area (Å²) < 4.78 is 13.7. The molecule has 0 spiro atoms. The number of halogens is 2. The first-order valence-corrected chi connectivity index (χ1v) is 6.54. The molecule has 0 aliphatic carbocycles. The van der Waals surface area contributed by atoms with E-state index in [1.807, 2.05) is 13.0 Å². The summed E-state index contributed by atoms with van der Waals surface area (Å²) in [6.07, 6.45) is 0.657. The Morgan fingerprint density at radius 2 is 2.05 bits per heavy atom. The van der Waals surface area contributed by atoms with E-state index in [2.05, 4.69) is 10.2 Å². The van der Waals surface area contributed by atoms with Gasteiger partial charge in [-0.1, -0.05) is 12.1 Å². The lowest BCUT2D eigenvalue weighted by Crippen LogP contribution is -2.45. The number of hydrogen-bond donors (Lipinski definition) is 2. The summed E-state index contributed by atoms with van der Waals surface area (Å²) in [5.74, 6) is -0.162. The van der Waals surface area contributed by atoms with E-state index in [-0.39, 0.29) is 30.9 Å². The van der Waals surface area contributed by atoms with Crippen molar-refractivity contribution in [1.29, 1.82) is 0 Å². The summed E-state index contributed by atoms with van der Waals surface area (Å²) in [5.41, 5.74) is 1.71. The Balaban J connectivity index is 0.00000180. The Morgan fingerprint density at radius 3 is 2.68 bits per heavy atom. The smallest absolute Gasteiger partial charge is 0.126 e. The molecule has 0 bridgehead atoms. The Bertz CT molecular complexity index is 397. The van der Waals surface area contributed by atoms with E-state index in [4.69, 9.17) is 0 Å². The molecular formula is C14H22ClFN2O. The van der Waals surface area contributed by atoms with Crippen molar-refractivity contribution in [3.63, 3.8) is 0 Å². The van der Waals surface area contributed by atoms with E-state index in [9.17, 15) is 9.50 Å². The molecule has 5 heteroatoms. The molecule has 1 saturated heterocycles. The summed E-state index contributed by atoms with van der Waals surface area (Å²) in [5, 5.41) is 12.6. The molecule has 1 heterocycles. The number of hydrogen-bond acceptors (Lipinski definition) is 3. The lowest BCUT2D eigenvalue weighted by molar-refractivity contribution is 0.140. The van der Waals surface area contributed by atoms with Crippen molar-refractivity contribution in [3.8, 4) is 0 Å². The molecule has 108 valence electrons. The fraction of sp³-hybridized carbons (Fsp3) is 0.571. The predicted octanol–water partition coefficient (Wildman–Crippen LogP) is 1.88. The third-order valence-corrected chi connectivity index (χ3v) is 3.66. The maximum Gasteiger partial charge on any atom is 0.126 e. The van der Waals surface area contributed by atoms with Gasteiger partial charge in [-0.25, -0.2) is 4.39 Å².